The number of carbonyl (C=O) groups is 1. The zero-order valence-electron chi connectivity index (χ0n) is 13.2. The van der Waals surface area contributed by atoms with E-state index in [-0.39, 0.29) is 11.4 Å². The van der Waals surface area contributed by atoms with Gasteiger partial charge in [-0.1, -0.05) is 6.07 Å². The van der Waals surface area contributed by atoms with E-state index < -0.39 is 5.60 Å². The van der Waals surface area contributed by atoms with Gasteiger partial charge in [-0.05, 0) is 79.1 Å². The Kier molecular flexibility index (Phi) is 4.66. The van der Waals surface area contributed by atoms with Crippen LogP contribution in [0.25, 0.3) is 0 Å². The highest BCUT2D eigenvalue weighted by molar-refractivity contribution is 9.10. The fourth-order valence-electron chi connectivity index (χ4n) is 2.56. The van der Waals surface area contributed by atoms with Crippen LogP contribution in [0.1, 0.15) is 52.0 Å². The molecule has 0 radical (unpaired) electrons. The van der Waals surface area contributed by atoms with E-state index in [2.05, 4.69) is 28.1 Å². The normalized spacial score (nSPS) is 16.4. The van der Waals surface area contributed by atoms with E-state index in [4.69, 9.17) is 9.47 Å². The number of methoxy groups -OCH3 is 1. The first-order chi connectivity index (χ1) is 9.76. The lowest BCUT2D eigenvalue weighted by Crippen LogP contribution is -2.24. The Labute approximate surface area is 135 Å². The molecule has 0 aromatic heterocycles. The van der Waals surface area contributed by atoms with E-state index in [0.29, 0.717) is 6.42 Å². The zero-order chi connectivity index (χ0) is 15.7. The lowest BCUT2D eigenvalue weighted by Gasteiger charge is -2.21. The molecule has 3 nitrogen and oxygen atoms in total. The number of carbonyl (C=O) groups excluding carboxylic acids is 1. The summed E-state index contributed by atoms with van der Waals surface area (Å²) in [5.74, 6) is 0.725. The Balaban J connectivity index is 2.00. The van der Waals surface area contributed by atoms with Gasteiger partial charge in [-0.15, -0.1) is 0 Å². The van der Waals surface area contributed by atoms with Gasteiger partial charge in [-0.25, -0.2) is 0 Å². The molecule has 0 atom stereocenters. The molecule has 1 aliphatic carbocycles. The first kappa shape index (κ1) is 16.3. The fourth-order valence-corrected chi connectivity index (χ4v) is 3.10. The SMILES string of the molecule is COc1ccc(C2(CCC(=O)OC(C)(C)C)CC2)cc1Br. The third-order valence-electron chi connectivity index (χ3n) is 3.85. The van der Waals surface area contributed by atoms with Crippen LogP contribution in [0.2, 0.25) is 0 Å². The highest BCUT2D eigenvalue weighted by atomic mass is 79.9. The van der Waals surface area contributed by atoms with Crippen LogP contribution in [0, 0.1) is 0 Å². The number of halogens is 1. The monoisotopic (exact) mass is 354 g/mol. The molecule has 0 bridgehead atoms. The molecule has 0 aliphatic heterocycles. The number of rotatable bonds is 5. The van der Waals surface area contributed by atoms with Crippen LogP contribution in [0.4, 0.5) is 0 Å². The van der Waals surface area contributed by atoms with Crippen molar-refractivity contribution in [2.24, 2.45) is 0 Å². The van der Waals surface area contributed by atoms with Crippen LogP contribution in [-0.2, 0) is 14.9 Å². The maximum atomic E-state index is 11.9. The summed E-state index contributed by atoms with van der Waals surface area (Å²) in [6.45, 7) is 5.70. The quantitative estimate of drug-likeness (QED) is 0.724. The van der Waals surface area contributed by atoms with Gasteiger partial charge in [0.25, 0.3) is 0 Å². The van der Waals surface area contributed by atoms with Crippen molar-refractivity contribution >= 4 is 21.9 Å². The summed E-state index contributed by atoms with van der Waals surface area (Å²) in [7, 11) is 1.66. The predicted molar refractivity (Wildman–Crippen MR) is 86.7 cm³/mol. The second-order valence-corrected chi connectivity index (χ2v) is 7.57. The second kappa shape index (κ2) is 5.99. The Morgan fingerprint density at radius 1 is 1.33 bits per heavy atom. The Morgan fingerprint density at radius 2 is 2.00 bits per heavy atom. The van der Waals surface area contributed by atoms with Gasteiger partial charge in [0.1, 0.15) is 11.4 Å². The number of ether oxygens (including phenoxy) is 2. The highest BCUT2D eigenvalue weighted by Crippen LogP contribution is 2.52. The average Bonchev–Trinajstić information content (AvgIpc) is 3.15. The minimum Gasteiger partial charge on any atom is -0.496 e. The van der Waals surface area contributed by atoms with Gasteiger partial charge < -0.3 is 9.47 Å². The summed E-state index contributed by atoms with van der Waals surface area (Å²) >= 11 is 3.53. The number of hydrogen-bond acceptors (Lipinski definition) is 3. The molecule has 0 heterocycles. The smallest absolute Gasteiger partial charge is 0.306 e. The summed E-state index contributed by atoms with van der Waals surface area (Å²) in [6, 6.07) is 6.19. The van der Waals surface area contributed by atoms with E-state index in [1.54, 1.807) is 7.11 Å². The van der Waals surface area contributed by atoms with E-state index in [0.717, 1.165) is 29.5 Å². The molecule has 0 spiro atoms. The van der Waals surface area contributed by atoms with Crippen LogP contribution in [0.5, 0.6) is 5.75 Å². The van der Waals surface area contributed by atoms with Gasteiger partial charge in [0.15, 0.2) is 0 Å². The molecule has 1 aromatic carbocycles. The molecular weight excluding hydrogens is 332 g/mol. The molecule has 1 fully saturated rings. The van der Waals surface area contributed by atoms with Crippen LogP contribution in [-0.4, -0.2) is 18.7 Å². The van der Waals surface area contributed by atoms with Crippen molar-refractivity contribution in [3.05, 3.63) is 28.2 Å². The van der Waals surface area contributed by atoms with E-state index in [1.165, 1.54) is 5.56 Å². The van der Waals surface area contributed by atoms with Gasteiger partial charge in [0.05, 0.1) is 11.6 Å². The number of esters is 1. The minimum atomic E-state index is -0.406. The van der Waals surface area contributed by atoms with E-state index >= 15 is 0 Å². The molecule has 21 heavy (non-hydrogen) atoms. The Morgan fingerprint density at radius 3 is 2.48 bits per heavy atom. The third-order valence-corrected chi connectivity index (χ3v) is 4.47. The lowest BCUT2D eigenvalue weighted by atomic mass is 9.91. The van der Waals surface area contributed by atoms with Gasteiger partial charge in [-0.2, -0.15) is 0 Å². The van der Waals surface area contributed by atoms with Gasteiger partial charge in [0.2, 0.25) is 0 Å². The average molecular weight is 355 g/mol. The van der Waals surface area contributed by atoms with Crippen molar-refractivity contribution in [3.8, 4) is 5.75 Å². The summed E-state index contributed by atoms with van der Waals surface area (Å²) in [4.78, 5) is 11.9. The standard InChI is InChI=1S/C17H23BrO3/c1-16(2,3)21-15(19)7-8-17(9-10-17)12-5-6-14(20-4)13(18)11-12/h5-6,11H,7-10H2,1-4H3. The van der Waals surface area contributed by atoms with Crippen LogP contribution in [0.3, 0.4) is 0 Å². The molecule has 0 N–H and O–H groups in total. The maximum absolute atomic E-state index is 11.9. The molecule has 0 amide bonds. The Bertz CT molecular complexity index is 527. The number of benzene rings is 1. The van der Waals surface area contributed by atoms with Crippen molar-refractivity contribution < 1.29 is 14.3 Å². The number of hydrogen-bond donors (Lipinski definition) is 0. The lowest BCUT2D eigenvalue weighted by molar-refractivity contribution is -0.155. The second-order valence-electron chi connectivity index (χ2n) is 6.72. The molecule has 0 saturated heterocycles. The molecule has 0 unspecified atom stereocenters. The maximum Gasteiger partial charge on any atom is 0.306 e. The summed E-state index contributed by atoms with van der Waals surface area (Å²) in [5.41, 5.74) is 1.02. The van der Waals surface area contributed by atoms with E-state index in [1.807, 2.05) is 26.8 Å². The molecule has 1 aliphatic rings. The van der Waals surface area contributed by atoms with Crippen LogP contribution >= 0.6 is 15.9 Å². The minimum absolute atomic E-state index is 0.110. The summed E-state index contributed by atoms with van der Waals surface area (Å²) < 4.78 is 11.6. The van der Waals surface area contributed by atoms with Crippen molar-refractivity contribution in [2.75, 3.05) is 7.11 Å². The summed E-state index contributed by atoms with van der Waals surface area (Å²) in [5, 5.41) is 0. The topological polar surface area (TPSA) is 35.5 Å². The van der Waals surface area contributed by atoms with Crippen LogP contribution < -0.4 is 4.74 Å². The van der Waals surface area contributed by atoms with Crippen molar-refractivity contribution in [1.29, 1.82) is 0 Å². The first-order valence-electron chi connectivity index (χ1n) is 7.32. The molecule has 2 rings (SSSR count). The largest absolute Gasteiger partial charge is 0.496 e. The van der Waals surface area contributed by atoms with Gasteiger partial charge in [-0.3, -0.25) is 4.79 Å². The van der Waals surface area contributed by atoms with Crippen molar-refractivity contribution in [2.45, 2.75) is 57.5 Å². The molecule has 1 saturated carbocycles. The highest BCUT2D eigenvalue weighted by Gasteiger charge is 2.44. The van der Waals surface area contributed by atoms with Crippen LogP contribution in [0.15, 0.2) is 22.7 Å². The molecule has 116 valence electrons. The fraction of sp³-hybridized carbons (Fsp3) is 0.588. The van der Waals surface area contributed by atoms with Gasteiger partial charge in [0, 0.05) is 6.42 Å². The molecule has 1 aromatic rings. The Hall–Kier alpha value is -1.03. The van der Waals surface area contributed by atoms with Crippen molar-refractivity contribution in [1.82, 2.24) is 0 Å². The summed E-state index contributed by atoms with van der Waals surface area (Å²) in [6.07, 6.45) is 3.59. The zero-order valence-corrected chi connectivity index (χ0v) is 14.7. The van der Waals surface area contributed by atoms with Crippen molar-refractivity contribution in [3.63, 3.8) is 0 Å². The molecule has 4 heteroatoms. The molecular formula is C17H23BrO3. The first-order valence-corrected chi connectivity index (χ1v) is 8.11. The predicted octanol–water partition coefficient (Wildman–Crippen LogP) is 4.61. The van der Waals surface area contributed by atoms with E-state index in [9.17, 15) is 4.79 Å². The van der Waals surface area contributed by atoms with Gasteiger partial charge >= 0.3 is 5.97 Å². The third kappa shape index (κ3) is 4.22.